The van der Waals surface area contributed by atoms with Gasteiger partial charge in [-0.2, -0.15) is 0 Å². The first kappa shape index (κ1) is 27.2. The predicted molar refractivity (Wildman–Crippen MR) is 159 cm³/mol. The number of carbonyl (C=O) groups is 2. The molecule has 42 heavy (non-hydrogen) atoms. The van der Waals surface area contributed by atoms with Gasteiger partial charge in [0.15, 0.2) is 16.3 Å². The largest absolute Gasteiger partial charge is 0.493 e. The van der Waals surface area contributed by atoms with Crippen LogP contribution in [-0.2, 0) is 14.3 Å². The number of aryl methyl sites for hydroxylation is 1. The minimum atomic E-state index is -0.925. The molecule has 0 bridgehead atoms. The molecule has 10 heteroatoms. The maximum Gasteiger partial charge on any atom is 0.338 e. The zero-order chi connectivity index (χ0) is 29.5. The summed E-state index contributed by atoms with van der Waals surface area (Å²) >= 11 is 1.12. The molecule has 3 aromatic carbocycles. The van der Waals surface area contributed by atoms with E-state index in [0.29, 0.717) is 44.4 Å². The molecule has 0 saturated heterocycles. The van der Waals surface area contributed by atoms with Crippen LogP contribution in [0.2, 0.25) is 0 Å². The van der Waals surface area contributed by atoms with Gasteiger partial charge >= 0.3 is 5.97 Å². The molecule has 1 N–H and O–H groups in total. The summed E-state index contributed by atoms with van der Waals surface area (Å²) in [5.41, 5.74) is 3.95. The maximum atomic E-state index is 14.4. The fraction of sp³-hybridized carbons (Fsp3) is 0.188. The normalized spacial score (nSPS) is 16.8. The van der Waals surface area contributed by atoms with Crippen LogP contribution < -0.4 is 29.7 Å². The van der Waals surface area contributed by atoms with Gasteiger partial charge in [-0.3, -0.25) is 14.2 Å². The molecule has 3 heterocycles. The summed E-state index contributed by atoms with van der Waals surface area (Å²) in [5.74, 6) is -0.0368. The van der Waals surface area contributed by atoms with E-state index >= 15 is 0 Å². The zero-order valence-corrected chi connectivity index (χ0v) is 24.2. The lowest BCUT2D eigenvalue weighted by molar-refractivity contribution is -0.138. The topological polar surface area (TPSA) is 108 Å². The molecule has 1 atom stereocenters. The van der Waals surface area contributed by atoms with Crippen molar-refractivity contribution in [3.05, 3.63) is 114 Å². The molecule has 0 spiro atoms. The molecular formula is C32H27N3O6S. The number of anilines is 1. The molecule has 6 rings (SSSR count). The van der Waals surface area contributed by atoms with E-state index in [4.69, 9.17) is 19.2 Å². The Bertz CT molecular complexity index is 1970. The molecule has 1 amide bonds. The third-order valence-electron chi connectivity index (χ3n) is 7.22. The monoisotopic (exact) mass is 581 g/mol. The average Bonchev–Trinajstić information content (AvgIpc) is 3.50. The van der Waals surface area contributed by atoms with Crippen molar-refractivity contribution in [2.75, 3.05) is 26.1 Å². The summed E-state index contributed by atoms with van der Waals surface area (Å²) in [4.78, 5) is 46.5. The molecule has 0 fully saturated rings. The number of hydrogen-bond donors (Lipinski definition) is 1. The second kappa shape index (κ2) is 10.8. The standard InChI is InChI=1S/C32H27N3O6S/c1-5-41-31(38)25-26(18-9-7-6-8-10-18)34-32-35(27(25)19-12-14-22(39-3)23(16-19)40-4)30(37)28(42-32)24-20-15-17(2)11-13-21(20)33-29(24)36/h6-16,27H,5H2,1-4H3,(H,33,36)/b28-24-/t27-/m0/s1. The minimum Gasteiger partial charge on any atom is -0.493 e. The summed E-state index contributed by atoms with van der Waals surface area (Å²) in [5, 5.41) is 2.87. The number of amides is 1. The highest BCUT2D eigenvalue weighted by Crippen LogP contribution is 2.39. The number of thiazole rings is 1. The number of nitrogens with one attached hydrogen (secondary N) is 1. The van der Waals surface area contributed by atoms with E-state index in [2.05, 4.69) is 5.32 Å². The van der Waals surface area contributed by atoms with E-state index in [1.165, 1.54) is 18.8 Å². The number of ether oxygens (including phenoxy) is 3. The fourth-order valence-corrected chi connectivity index (χ4v) is 6.43. The molecular weight excluding hydrogens is 554 g/mol. The van der Waals surface area contributed by atoms with Gasteiger partial charge in [-0.05, 0) is 43.7 Å². The molecule has 0 unspecified atom stereocenters. The number of nitrogens with zero attached hydrogens (tertiary/aromatic N) is 2. The molecule has 4 aromatic rings. The number of benzene rings is 3. The average molecular weight is 582 g/mol. The number of aromatic nitrogens is 1. The van der Waals surface area contributed by atoms with Gasteiger partial charge in [-0.15, -0.1) is 0 Å². The zero-order valence-electron chi connectivity index (χ0n) is 23.4. The lowest BCUT2D eigenvalue weighted by Gasteiger charge is -2.26. The molecule has 0 radical (unpaired) electrons. The highest BCUT2D eigenvalue weighted by Gasteiger charge is 2.37. The van der Waals surface area contributed by atoms with Crippen molar-refractivity contribution in [2.24, 2.45) is 4.99 Å². The summed E-state index contributed by atoms with van der Waals surface area (Å²) in [7, 11) is 3.05. The van der Waals surface area contributed by atoms with Crippen LogP contribution in [0.4, 0.5) is 5.69 Å². The third kappa shape index (κ3) is 4.40. The van der Waals surface area contributed by atoms with Crippen molar-refractivity contribution in [3.8, 4) is 11.5 Å². The Morgan fingerprint density at radius 3 is 2.48 bits per heavy atom. The Morgan fingerprint density at radius 1 is 1.00 bits per heavy atom. The highest BCUT2D eigenvalue weighted by atomic mass is 32.1. The van der Waals surface area contributed by atoms with Crippen LogP contribution in [0.25, 0.3) is 11.3 Å². The van der Waals surface area contributed by atoms with Gasteiger partial charge in [0, 0.05) is 16.8 Å². The fourth-order valence-electron chi connectivity index (χ4n) is 5.34. The van der Waals surface area contributed by atoms with Crippen molar-refractivity contribution in [1.82, 2.24) is 4.57 Å². The van der Waals surface area contributed by atoms with E-state index in [-0.39, 0.29) is 28.2 Å². The minimum absolute atomic E-state index is 0.133. The van der Waals surface area contributed by atoms with Crippen molar-refractivity contribution >= 4 is 40.2 Å². The van der Waals surface area contributed by atoms with Crippen molar-refractivity contribution < 1.29 is 23.8 Å². The van der Waals surface area contributed by atoms with Crippen LogP contribution in [-0.4, -0.2) is 37.3 Å². The Labute approximate surface area is 245 Å². The molecule has 0 aliphatic carbocycles. The molecule has 0 saturated carbocycles. The highest BCUT2D eigenvalue weighted by molar-refractivity contribution is 7.07. The summed E-state index contributed by atoms with van der Waals surface area (Å²) < 4.78 is 18.2. The summed E-state index contributed by atoms with van der Waals surface area (Å²) in [6.07, 6.45) is 0. The van der Waals surface area contributed by atoms with Gasteiger partial charge in [-0.25, -0.2) is 9.79 Å². The first-order valence-electron chi connectivity index (χ1n) is 13.3. The maximum absolute atomic E-state index is 14.4. The second-order valence-electron chi connectivity index (χ2n) is 9.74. The van der Waals surface area contributed by atoms with Gasteiger partial charge in [-0.1, -0.05) is 59.4 Å². The molecule has 9 nitrogen and oxygen atoms in total. The van der Waals surface area contributed by atoms with Crippen molar-refractivity contribution in [3.63, 3.8) is 0 Å². The van der Waals surface area contributed by atoms with Crippen LogP contribution >= 0.6 is 11.3 Å². The first-order valence-corrected chi connectivity index (χ1v) is 14.1. The van der Waals surface area contributed by atoms with E-state index in [0.717, 1.165) is 16.9 Å². The SMILES string of the molecule is CCOC(=O)C1=C(c2ccccc2)N=c2s/c(=C3\C(=O)Nc4ccc(C)cc43)c(=O)n2[C@H]1c1ccc(OC)c(OC)c1. The Hall–Kier alpha value is -4.96. The summed E-state index contributed by atoms with van der Waals surface area (Å²) in [6, 6.07) is 19.2. The van der Waals surface area contributed by atoms with Gasteiger partial charge in [0.2, 0.25) is 0 Å². The van der Waals surface area contributed by atoms with E-state index in [1.807, 2.05) is 55.5 Å². The second-order valence-corrected chi connectivity index (χ2v) is 10.7. The quantitative estimate of drug-likeness (QED) is 0.349. The van der Waals surface area contributed by atoms with Crippen LogP contribution in [0.15, 0.2) is 82.1 Å². The number of fused-ring (bicyclic) bond motifs is 2. The molecule has 1 aromatic heterocycles. The molecule has 2 aliphatic heterocycles. The van der Waals surface area contributed by atoms with Gasteiger partial charge in [0.1, 0.15) is 4.53 Å². The lowest BCUT2D eigenvalue weighted by atomic mass is 9.93. The van der Waals surface area contributed by atoms with E-state index < -0.39 is 17.6 Å². The number of carbonyl (C=O) groups excluding carboxylic acids is 2. The van der Waals surface area contributed by atoms with Gasteiger partial charge < -0.3 is 19.5 Å². The van der Waals surface area contributed by atoms with E-state index in [9.17, 15) is 14.4 Å². The Balaban J connectivity index is 1.72. The van der Waals surface area contributed by atoms with Gasteiger partial charge in [0.25, 0.3) is 11.5 Å². The van der Waals surface area contributed by atoms with E-state index in [1.54, 1.807) is 25.1 Å². The molecule has 212 valence electrons. The first-order chi connectivity index (χ1) is 20.4. The molecule has 2 aliphatic rings. The Kier molecular flexibility index (Phi) is 6.99. The van der Waals surface area contributed by atoms with Crippen LogP contribution in [0.5, 0.6) is 11.5 Å². The van der Waals surface area contributed by atoms with Crippen LogP contribution in [0.1, 0.15) is 35.2 Å². The summed E-state index contributed by atoms with van der Waals surface area (Å²) in [6.45, 7) is 3.78. The van der Waals surface area contributed by atoms with Crippen molar-refractivity contribution in [2.45, 2.75) is 19.9 Å². The number of esters is 1. The number of hydrogen-bond acceptors (Lipinski definition) is 8. The third-order valence-corrected chi connectivity index (χ3v) is 8.27. The van der Waals surface area contributed by atoms with Crippen LogP contribution in [0.3, 0.4) is 0 Å². The Morgan fingerprint density at radius 2 is 1.76 bits per heavy atom. The smallest absolute Gasteiger partial charge is 0.338 e. The number of rotatable bonds is 6. The number of methoxy groups -OCH3 is 2. The lowest BCUT2D eigenvalue weighted by Crippen LogP contribution is -2.40. The van der Waals surface area contributed by atoms with Crippen molar-refractivity contribution in [1.29, 1.82) is 0 Å². The van der Waals surface area contributed by atoms with Gasteiger partial charge in [0.05, 0.1) is 43.7 Å². The predicted octanol–water partition coefficient (Wildman–Crippen LogP) is 3.58. The van der Waals surface area contributed by atoms with Crippen LogP contribution in [0, 0.1) is 6.92 Å².